The number of sulfonamides is 1. The van der Waals surface area contributed by atoms with Gasteiger partial charge in [0.2, 0.25) is 0 Å². The standard InChI is InChI=1S/C27H28N4O3S2/c1-18(2)30-15-13-22-23(16-28)27(35-25(22)17-30)29-26(32)20-9-11-21(12-10-20)36(33,34)31-14-5-7-19-6-3-4-8-24(19)31/h3-4,6,8-12,18H,5,7,13-15,17H2,1-2H3,(H,29,32). The molecule has 2 aliphatic heterocycles. The number of fused-ring (bicyclic) bond motifs is 2. The van der Waals surface area contributed by atoms with Crippen LogP contribution in [0, 0.1) is 11.3 Å². The number of thiophene rings is 1. The quantitative estimate of drug-likeness (QED) is 0.523. The van der Waals surface area contributed by atoms with Gasteiger partial charge in [-0.25, -0.2) is 8.42 Å². The minimum absolute atomic E-state index is 0.147. The monoisotopic (exact) mass is 520 g/mol. The van der Waals surface area contributed by atoms with Crippen molar-refractivity contribution in [1.29, 1.82) is 5.26 Å². The van der Waals surface area contributed by atoms with E-state index in [0.717, 1.165) is 48.4 Å². The van der Waals surface area contributed by atoms with Crippen molar-refractivity contribution in [1.82, 2.24) is 4.90 Å². The lowest BCUT2D eigenvalue weighted by atomic mass is 10.0. The lowest BCUT2D eigenvalue weighted by Gasteiger charge is -2.30. The molecule has 3 aromatic rings. The van der Waals surface area contributed by atoms with Gasteiger partial charge >= 0.3 is 0 Å². The van der Waals surface area contributed by atoms with Crippen LogP contribution in [0.1, 0.15) is 52.2 Å². The molecule has 0 atom stereocenters. The maximum Gasteiger partial charge on any atom is 0.264 e. The summed E-state index contributed by atoms with van der Waals surface area (Å²) in [5.74, 6) is -0.363. The summed E-state index contributed by atoms with van der Waals surface area (Å²) in [6.45, 7) is 6.39. The van der Waals surface area contributed by atoms with Crippen LogP contribution in [0.3, 0.4) is 0 Å². The van der Waals surface area contributed by atoms with E-state index >= 15 is 0 Å². The van der Waals surface area contributed by atoms with Gasteiger partial charge in [0.05, 0.1) is 16.1 Å². The Bertz CT molecular complexity index is 1450. The Morgan fingerprint density at radius 2 is 1.83 bits per heavy atom. The third-order valence-corrected chi connectivity index (χ3v) is 9.89. The van der Waals surface area contributed by atoms with Crippen molar-refractivity contribution in [3.63, 3.8) is 0 Å². The van der Waals surface area contributed by atoms with Gasteiger partial charge in [-0.1, -0.05) is 18.2 Å². The fourth-order valence-electron chi connectivity index (χ4n) is 4.90. The maximum atomic E-state index is 13.4. The van der Waals surface area contributed by atoms with Gasteiger partial charge in [-0.05, 0) is 74.6 Å². The summed E-state index contributed by atoms with van der Waals surface area (Å²) in [6.07, 6.45) is 2.40. The summed E-state index contributed by atoms with van der Waals surface area (Å²) in [6, 6.07) is 16.3. The number of nitriles is 1. The molecule has 1 N–H and O–H groups in total. The molecule has 0 saturated carbocycles. The molecule has 2 aliphatic rings. The van der Waals surface area contributed by atoms with Crippen molar-refractivity contribution >= 4 is 38.0 Å². The molecule has 5 rings (SSSR count). The fourth-order valence-corrected chi connectivity index (χ4v) is 7.66. The molecule has 186 valence electrons. The highest BCUT2D eigenvalue weighted by molar-refractivity contribution is 7.92. The summed E-state index contributed by atoms with van der Waals surface area (Å²) in [5, 5.41) is 13.2. The number of hydrogen-bond donors (Lipinski definition) is 1. The number of carbonyl (C=O) groups excluding carboxylic acids is 1. The Morgan fingerprint density at radius 1 is 1.08 bits per heavy atom. The average Bonchev–Trinajstić information content (AvgIpc) is 3.24. The molecule has 9 heteroatoms. The molecule has 0 saturated heterocycles. The van der Waals surface area contributed by atoms with Gasteiger partial charge in [0, 0.05) is 36.1 Å². The lowest BCUT2D eigenvalue weighted by molar-refractivity contribution is 0.102. The summed E-state index contributed by atoms with van der Waals surface area (Å²) >= 11 is 1.45. The second-order valence-electron chi connectivity index (χ2n) is 9.42. The minimum atomic E-state index is -3.75. The topological polar surface area (TPSA) is 93.5 Å². The predicted molar refractivity (Wildman–Crippen MR) is 142 cm³/mol. The largest absolute Gasteiger partial charge is 0.312 e. The Morgan fingerprint density at radius 3 is 2.56 bits per heavy atom. The smallest absolute Gasteiger partial charge is 0.264 e. The van der Waals surface area contributed by atoms with Crippen LogP contribution in [-0.4, -0.2) is 38.4 Å². The van der Waals surface area contributed by atoms with Gasteiger partial charge < -0.3 is 5.32 Å². The molecular formula is C27H28N4O3S2. The first-order valence-corrected chi connectivity index (χ1v) is 14.4. The summed E-state index contributed by atoms with van der Waals surface area (Å²) < 4.78 is 28.2. The predicted octanol–water partition coefficient (Wildman–Crippen LogP) is 4.78. The number of anilines is 2. The van der Waals surface area contributed by atoms with Gasteiger partial charge in [-0.3, -0.25) is 14.0 Å². The lowest BCUT2D eigenvalue weighted by Crippen LogP contribution is -2.35. The van der Waals surface area contributed by atoms with Crippen molar-refractivity contribution < 1.29 is 13.2 Å². The van der Waals surface area contributed by atoms with Gasteiger partial charge in [-0.2, -0.15) is 5.26 Å². The summed E-state index contributed by atoms with van der Waals surface area (Å²) in [5.41, 5.74) is 3.64. The normalized spacial score (nSPS) is 15.8. The van der Waals surface area contributed by atoms with Crippen LogP contribution in [0.4, 0.5) is 10.7 Å². The SMILES string of the molecule is CC(C)N1CCc2c(sc(NC(=O)c3ccc(S(=O)(=O)N4CCCc5ccccc54)cc3)c2C#N)C1. The second-order valence-corrected chi connectivity index (χ2v) is 12.4. The van der Waals surface area contributed by atoms with E-state index in [4.69, 9.17) is 0 Å². The highest BCUT2D eigenvalue weighted by Gasteiger charge is 2.29. The molecule has 1 amide bonds. The van der Waals surface area contributed by atoms with Crippen LogP contribution >= 0.6 is 11.3 Å². The number of hydrogen-bond acceptors (Lipinski definition) is 6. The highest BCUT2D eigenvalue weighted by Crippen LogP contribution is 2.37. The minimum Gasteiger partial charge on any atom is -0.312 e. The number of nitrogens with zero attached hydrogens (tertiary/aromatic N) is 3. The Kier molecular flexibility index (Phi) is 6.60. The molecule has 0 fully saturated rings. The van der Waals surface area contributed by atoms with Gasteiger partial charge in [0.15, 0.2) is 0 Å². The van der Waals surface area contributed by atoms with Crippen molar-refractivity contribution in [3.05, 3.63) is 75.7 Å². The Labute approximate surface area is 216 Å². The molecule has 0 radical (unpaired) electrons. The van der Waals surface area contributed by atoms with E-state index < -0.39 is 10.0 Å². The molecular weight excluding hydrogens is 492 g/mol. The number of carbonyl (C=O) groups is 1. The number of nitrogens with one attached hydrogen (secondary N) is 1. The maximum absolute atomic E-state index is 13.4. The first-order valence-electron chi connectivity index (χ1n) is 12.1. The van der Waals surface area contributed by atoms with Crippen LogP contribution in [0.2, 0.25) is 0 Å². The molecule has 0 aliphatic carbocycles. The number of aryl methyl sites for hydroxylation is 1. The summed E-state index contributed by atoms with van der Waals surface area (Å²) in [7, 11) is -3.75. The zero-order valence-electron chi connectivity index (χ0n) is 20.3. The molecule has 7 nitrogen and oxygen atoms in total. The van der Waals surface area contributed by atoms with Gasteiger partial charge in [0.25, 0.3) is 15.9 Å². The Hall–Kier alpha value is -3.19. The van der Waals surface area contributed by atoms with Gasteiger partial charge in [-0.15, -0.1) is 11.3 Å². The van der Waals surface area contributed by atoms with Crippen molar-refractivity contribution in [2.45, 2.75) is 50.6 Å². The Balaban J connectivity index is 1.36. The number of amides is 1. The fraction of sp³-hybridized carbons (Fsp3) is 0.333. The zero-order valence-corrected chi connectivity index (χ0v) is 22.0. The zero-order chi connectivity index (χ0) is 25.4. The molecule has 1 aromatic heterocycles. The molecule has 36 heavy (non-hydrogen) atoms. The van der Waals surface area contributed by atoms with Crippen LogP contribution in [-0.2, 0) is 29.4 Å². The number of rotatable bonds is 5. The van der Waals surface area contributed by atoms with Crippen LogP contribution in [0.15, 0.2) is 53.4 Å². The first kappa shape index (κ1) is 24.5. The highest BCUT2D eigenvalue weighted by atomic mass is 32.2. The number of para-hydroxylation sites is 1. The second kappa shape index (κ2) is 9.69. The van der Waals surface area contributed by atoms with E-state index in [-0.39, 0.29) is 10.8 Å². The van der Waals surface area contributed by atoms with E-state index in [2.05, 4.69) is 30.1 Å². The van der Waals surface area contributed by atoms with Gasteiger partial charge in [0.1, 0.15) is 11.1 Å². The average molecular weight is 521 g/mol. The number of benzene rings is 2. The van der Waals surface area contributed by atoms with Crippen LogP contribution in [0.25, 0.3) is 0 Å². The third-order valence-electron chi connectivity index (χ3n) is 6.93. The van der Waals surface area contributed by atoms with E-state index in [1.807, 2.05) is 24.3 Å². The molecule has 0 bridgehead atoms. The van der Waals surface area contributed by atoms with E-state index in [0.29, 0.717) is 34.4 Å². The molecule has 0 spiro atoms. The van der Waals surface area contributed by atoms with Crippen molar-refractivity contribution in [3.8, 4) is 6.07 Å². The molecule has 0 unspecified atom stereocenters. The van der Waals surface area contributed by atoms with E-state index in [1.165, 1.54) is 39.9 Å². The van der Waals surface area contributed by atoms with Crippen LogP contribution < -0.4 is 9.62 Å². The van der Waals surface area contributed by atoms with Crippen molar-refractivity contribution in [2.24, 2.45) is 0 Å². The van der Waals surface area contributed by atoms with Crippen molar-refractivity contribution in [2.75, 3.05) is 22.7 Å². The van der Waals surface area contributed by atoms with E-state index in [1.54, 1.807) is 0 Å². The van der Waals surface area contributed by atoms with Crippen LogP contribution in [0.5, 0.6) is 0 Å². The summed E-state index contributed by atoms with van der Waals surface area (Å²) in [4.78, 5) is 16.6. The first-order chi connectivity index (χ1) is 17.3. The molecule has 3 heterocycles. The van der Waals surface area contributed by atoms with E-state index in [9.17, 15) is 18.5 Å². The molecule has 2 aromatic carbocycles. The third kappa shape index (κ3) is 4.41.